The fourth-order valence-corrected chi connectivity index (χ4v) is 2.22. The highest BCUT2D eigenvalue weighted by atomic mass is 16.1. The molecule has 2 N–H and O–H groups in total. The topological polar surface area (TPSA) is 54.0 Å². The molecule has 4 heteroatoms. The molecule has 1 aromatic heterocycles. The minimum Gasteiger partial charge on any atom is -0.384 e. The van der Waals surface area contributed by atoms with Crippen LogP contribution in [0.25, 0.3) is 0 Å². The highest BCUT2D eigenvalue weighted by molar-refractivity contribution is 6.04. The Morgan fingerprint density at radius 3 is 2.52 bits per heavy atom. The highest BCUT2D eigenvalue weighted by Crippen LogP contribution is 2.18. The summed E-state index contributed by atoms with van der Waals surface area (Å²) in [6, 6.07) is 9.79. The third-order valence-electron chi connectivity index (χ3n) is 3.70. The Morgan fingerprint density at radius 2 is 1.87 bits per heavy atom. The summed E-state index contributed by atoms with van der Waals surface area (Å²) in [7, 11) is 0. The third-order valence-corrected chi connectivity index (χ3v) is 3.70. The molecule has 0 aliphatic heterocycles. The molecule has 1 amide bonds. The van der Waals surface area contributed by atoms with E-state index < -0.39 is 0 Å². The maximum atomic E-state index is 12.3. The molecule has 0 bridgehead atoms. The van der Waals surface area contributed by atoms with Crippen molar-refractivity contribution in [2.45, 2.75) is 39.5 Å². The lowest BCUT2D eigenvalue weighted by Gasteiger charge is -2.10. The lowest BCUT2D eigenvalue weighted by Crippen LogP contribution is -2.13. The molecule has 122 valence electrons. The average molecular weight is 311 g/mol. The van der Waals surface area contributed by atoms with Crippen molar-refractivity contribution in [1.82, 2.24) is 4.98 Å². The van der Waals surface area contributed by atoms with Gasteiger partial charge < -0.3 is 10.6 Å². The van der Waals surface area contributed by atoms with Crippen LogP contribution in [0.1, 0.15) is 55.5 Å². The minimum absolute atomic E-state index is 0.145. The zero-order valence-electron chi connectivity index (χ0n) is 14.1. The van der Waals surface area contributed by atoms with Crippen molar-refractivity contribution in [3.05, 3.63) is 53.9 Å². The van der Waals surface area contributed by atoms with Crippen LogP contribution in [-0.4, -0.2) is 17.4 Å². The van der Waals surface area contributed by atoms with E-state index in [0.29, 0.717) is 11.5 Å². The van der Waals surface area contributed by atoms with Crippen LogP contribution < -0.4 is 10.6 Å². The van der Waals surface area contributed by atoms with E-state index in [-0.39, 0.29) is 5.91 Å². The molecular weight excluding hydrogens is 286 g/mol. The van der Waals surface area contributed by atoms with Gasteiger partial charge in [-0.25, -0.2) is 0 Å². The van der Waals surface area contributed by atoms with Crippen LogP contribution in [0.3, 0.4) is 0 Å². The molecule has 0 spiro atoms. The molecule has 0 aliphatic carbocycles. The van der Waals surface area contributed by atoms with Gasteiger partial charge >= 0.3 is 0 Å². The van der Waals surface area contributed by atoms with Gasteiger partial charge in [-0.15, -0.1) is 0 Å². The maximum Gasteiger partial charge on any atom is 0.257 e. The first-order chi connectivity index (χ1) is 11.1. The first kappa shape index (κ1) is 17.0. The van der Waals surface area contributed by atoms with Gasteiger partial charge in [-0.05, 0) is 36.1 Å². The Bertz CT molecular complexity index is 635. The summed E-state index contributed by atoms with van der Waals surface area (Å²) in [5.41, 5.74) is 3.48. The average Bonchev–Trinajstić information content (AvgIpc) is 2.56. The lowest BCUT2D eigenvalue weighted by molar-refractivity contribution is 0.102. The normalized spacial score (nSPS) is 10.6. The number of carbonyl (C=O) groups excluding carboxylic acids is 1. The number of rotatable bonds is 7. The first-order valence-electron chi connectivity index (χ1n) is 8.20. The molecule has 0 saturated heterocycles. The van der Waals surface area contributed by atoms with Gasteiger partial charge in [0, 0.05) is 24.6 Å². The van der Waals surface area contributed by atoms with Crippen molar-refractivity contribution in [3.8, 4) is 0 Å². The summed E-state index contributed by atoms with van der Waals surface area (Å²) in [5, 5.41) is 6.19. The van der Waals surface area contributed by atoms with Crippen LogP contribution in [-0.2, 0) is 0 Å². The van der Waals surface area contributed by atoms with Gasteiger partial charge in [0.2, 0.25) is 0 Å². The molecule has 2 aromatic rings. The molecule has 1 heterocycles. The van der Waals surface area contributed by atoms with Crippen molar-refractivity contribution in [2.24, 2.45) is 0 Å². The number of benzene rings is 1. The largest absolute Gasteiger partial charge is 0.384 e. The maximum absolute atomic E-state index is 12.3. The Hall–Kier alpha value is -2.36. The van der Waals surface area contributed by atoms with Gasteiger partial charge in [-0.2, -0.15) is 0 Å². The summed E-state index contributed by atoms with van der Waals surface area (Å²) in [5.74, 6) is 0.337. The number of aromatic nitrogens is 1. The summed E-state index contributed by atoms with van der Waals surface area (Å²) in [6.07, 6.45) is 5.55. The smallest absolute Gasteiger partial charge is 0.257 e. The van der Waals surface area contributed by atoms with Crippen molar-refractivity contribution in [3.63, 3.8) is 0 Å². The Morgan fingerprint density at radius 1 is 1.13 bits per heavy atom. The van der Waals surface area contributed by atoms with Gasteiger partial charge in [-0.3, -0.25) is 9.78 Å². The number of unbranched alkanes of at least 4 members (excludes halogenated alkanes) is 1. The SMILES string of the molecule is CCCCNc1cncc(C(=O)Nc2ccc(C(C)C)cc2)c1. The molecule has 2 rings (SSSR count). The number of amides is 1. The number of pyridine rings is 1. The van der Waals surface area contributed by atoms with E-state index in [2.05, 4.69) is 36.4 Å². The number of nitrogens with one attached hydrogen (secondary N) is 2. The van der Waals surface area contributed by atoms with Gasteiger partial charge in [0.1, 0.15) is 0 Å². The molecule has 0 aliphatic rings. The molecule has 0 atom stereocenters. The van der Waals surface area contributed by atoms with Crippen molar-refractivity contribution < 1.29 is 4.79 Å². The van der Waals surface area contributed by atoms with E-state index >= 15 is 0 Å². The van der Waals surface area contributed by atoms with E-state index in [1.165, 1.54) is 5.56 Å². The van der Waals surface area contributed by atoms with Gasteiger partial charge in [0.25, 0.3) is 5.91 Å². The molecule has 0 unspecified atom stereocenters. The molecule has 0 saturated carbocycles. The lowest BCUT2D eigenvalue weighted by atomic mass is 10.0. The zero-order chi connectivity index (χ0) is 16.7. The molecule has 0 radical (unpaired) electrons. The van der Waals surface area contributed by atoms with E-state index in [1.54, 1.807) is 12.4 Å². The predicted octanol–water partition coefficient (Wildman–Crippen LogP) is 4.67. The number of hydrogen-bond acceptors (Lipinski definition) is 3. The van der Waals surface area contributed by atoms with Crippen LogP contribution in [0.2, 0.25) is 0 Å². The fourth-order valence-electron chi connectivity index (χ4n) is 2.22. The fraction of sp³-hybridized carbons (Fsp3) is 0.368. The predicted molar refractivity (Wildman–Crippen MR) is 96.1 cm³/mol. The van der Waals surface area contributed by atoms with Crippen molar-refractivity contribution in [1.29, 1.82) is 0 Å². The van der Waals surface area contributed by atoms with Crippen molar-refractivity contribution in [2.75, 3.05) is 17.2 Å². The van der Waals surface area contributed by atoms with Crippen LogP contribution in [0.15, 0.2) is 42.7 Å². The minimum atomic E-state index is -0.145. The standard InChI is InChI=1S/C19H25N3O/c1-4-5-10-21-18-11-16(12-20-13-18)19(23)22-17-8-6-15(7-9-17)14(2)3/h6-9,11-14,21H,4-5,10H2,1-3H3,(H,22,23). The van der Waals surface area contributed by atoms with Gasteiger partial charge in [0.05, 0.1) is 11.3 Å². The van der Waals surface area contributed by atoms with Crippen LogP contribution >= 0.6 is 0 Å². The molecule has 0 fully saturated rings. The second kappa shape index (κ2) is 8.32. The molecule has 23 heavy (non-hydrogen) atoms. The Kier molecular flexibility index (Phi) is 6.15. The highest BCUT2D eigenvalue weighted by Gasteiger charge is 2.08. The van der Waals surface area contributed by atoms with E-state index in [9.17, 15) is 4.79 Å². The number of anilines is 2. The van der Waals surface area contributed by atoms with Gasteiger partial charge in [-0.1, -0.05) is 39.3 Å². The second-order valence-corrected chi connectivity index (χ2v) is 5.97. The monoisotopic (exact) mass is 311 g/mol. The number of nitrogens with zero attached hydrogens (tertiary/aromatic N) is 1. The summed E-state index contributed by atoms with van der Waals surface area (Å²) in [4.78, 5) is 16.5. The van der Waals surface area contributed by atoms with E-state index in [1.807, 2.05) is 30.3 Å². The second-order valence-electron chi connectivity index (χ2n) is 5.97. The Labute approximate surface area is 138 Å². The number of carbonyl (C=O) groups is 1. The summed E-state index contributed by atoms with van der Waals surface area (Å²) < 4.78 is 0. The van der Waals surface area contributed by atoms with Crippen LogP contribution in [0.5, 0.6) is 0 Å². The third kappa shape index (κ3) is 5.09. The van der Waals surface area contributed by atoms with Crippen LogP contribution in [0.4, 0.5) is 11.4 Å². The first-order valence-corrected chi connectivity index (χ1v) is 8.20. The molecule has 4 nitrogen and oxygen atoms in total. The molecule has 1 aromatic carbocycles. The summed E-state index contributed by atoms with van der Waals surface area (Å²) >= 11 is 0. The summed E-state index contributed by atoms with van der Waals surface area (Å²) in [6.45, 7) is 7.33. The van der Waals surface area contributed by atoms with Gasteiger partial charge in [0.15, 0.2) is 0 Å². The Balaban J connectivity index is 2.01. The van der Waals surface area contributed by atoms with E-state index in [4.69, 9.17) is 0 Å². The van der Waals surface area contributed by atoms with E-state index in [0.717, 1.165) is 30.8 Å². The number of hydrogen-bond donors (Lipinski definition) is 2. The quantitative estimate of drug-likeness (QED) is 0.731. The van der Waals surface area contributed by atoms with Crippen LogP contribution in [0, 0.1) is 0 Å². The molecular formula is C19H25N3O. The zero-order valence-corrected chi connectivity index (χ0v) is 14.1. The van der Waals surface area contributed by atoms with Crippen molar-refractivity contribution >= 4 is 17.3 Å².